The van der Waals surface area contributed by atoms with Crippen molar-refractivity contribution in [2.75, 3.05) is 25.0 Å². The van der Waals surface area contributed by atoms with Gasteiger partial charge in [-0.05, 0) is 71.1 Å². The van der Waals surface area contributed by atoms with Crippen molar-refractivity contribution in [3.63, 3.8) is 0 Å². The number of pyridine rings is 1. The lowest BCUT2D eigenvalue weighted by atomic mass is 10.1. The van der Waals surface area contributed by atoms with E-state index >= 15 is 0 Å². The minimum Gasteiger partial charge on any atom is -0.444 e. The van der Waals surface area contributed by atoms with E-state index in [1.54, 1.807) is 11.1 Å². The highest BCUT2D eigenvalue weighted by molar-refractivity contribution is 6.02. The number of rotatable bonds is 4. The SMILES string of the molecule is CC(C)(C)OC(=O)N1CCC[C@H](Nc2nccc(-c3nn(C4CCCCO4)c4nn5ccccc5c34)n2)C1. The number of anilines is 1. The Morgan fingerprint density at radius 2 is 2.03 bits per heavy atom. The smallest absolute Gasteiger partial charge is 0.410 e. The molecule has 6 heterocycles. The van der Waals surface area contributed by atoms with Crippen LogP contribution in [0.1, 0.15) is 59.1 Å². The van der Waals surface area contributed by atoms with Crippen molar-refractivity contribution in [3.8, 4) is 11.4 Å². The fourth-order valence-electron chi connectivity index (χ4n) is 5.21. The van der Waals surface area contributed by atoms with E-state index in [0.29, 0.717) is 24.7 Å². The highest BCUT2D eigenvalue weighted by atomic mass is 16.6. The molecule has 0 radical (unpaired) electrons. The number of nitrogens with one attached hydrogen (secondary N) is 1. The standard InChI is InChI=1S/C27H34N8O3/c1-27(2,3)38-26(36)33-14-8-9-18(17-33)29-25-28-13-12-19(30-25)23-22-20-10-4-6-15-34(20)32-24(22)35(31-23)21-11-5-7-16-37-21/h4,6,10,12-13,15,18,21H,5,7-9,11,14,16-17H2,1-3H3,(H,28,29,30)/t18-,21?/m0/s1. The molecule has 0 aromatic carbocycles. The molecule has 200 valence electrons. The zero-order chi connectivity index (χ0) is 26.3. The first-order chi connectivity index (χ1) is 18.4. The van der Waals surface area contributed by atoms with Crippen LogP contribution in [0, 0.1) is 0 Å². The minimum atomic E-state index is -0.523. The molecule has 0 saturated carbocycles. The summed E-state index contributed by atoms with van der Waals surface area (Å²) in [7, 11) is 0. The van der Waals surface area contributed by atoms with Crippen molar-refractivity contribution in [3.05, 3.63) is 36.7 Å². The van der Waals surface area contributed by atoms with Crippen molar-refractivity contribution in [1.29, 1.82) is 0 Å². The van der Waals surface area contributed by atoms with Crippen LogP contribution in [0.3, 0.4) is 0 Å². The summed E-state index contributed by atoms with van der Waals surface area (Å²) in [4.78, 5) is 23.7. The van der Waals surface area contributed by atoms with E-state index in [9.17, 15) is 4.79 Å². The van der Waals surface area contributed by atoms with Crippen molar-refractivity contribution >= 4 is 28.6 Å². The third-order valence-corrected chi connectivity index (χ3v) is 6.92. The van der Waals surface area contributed by atoms with E-state index in [-0.39, 0.29) is 18.4 Å². The lowest BCUT2D eigenvalue weighted by Crippen LogP contribution is -2.47. The molecule has 1 unspecified atom stereocenters. The summed E-state index contributed by atoms with van der Waals surface area (Å²) >= 11 is 0. The maximum atomic E-state index is 12.6. The van der Waals surface area contributed by atoms with Gasteiger partial charge in [0.2, 0.25) is 5.95 Å². The van der Waals surface area contributed by atoms with Crippen LogP contribution in [-0.2, 0) is 9.47 Å². The Morgan fingerprint density at radius 3 is 2.84 bits per heavy atom. The number of aromatic nitrogens is 6. The summed E-state index contributed by atoms with van der Waals surface area (Å²) in [6, 6.07) is 7.91. The van der Waals surface area contributed by atoms with Crippen LogP contribution in [0.25, 0.3) is 27.9 Å². The van der Waals surface area contributed by atoms with Gasteiger partial charge in [0, 0.05) is 38.1 Å². The molecule has 0 bridgehead atoms. The summed E-state index contributed by atoms with van der Waals surface area (Å²) < 4.78 is 15.4. The van der Waals surface area contributed by atoms with Gasteiger partial charge < -0.3 is 19.7 Å². The molecule has 2 aliphatic rings. The van der Waals surface area contributed by atoms with Crippen molar-refractivity contribution in [2.45, 2.75) is 70.7 Å². The molecule has 4 aromatic rings. The van der Waals surface area contributed by atoms with Crippen LogP contribution in [0.2, 0.25) is 0 Å². The van der Waals surface area contributed by atoms with Crippen LogP contribution in [0.15, 0.2) is 36.7 Å². The Labute approximate surface area is 221 Å². The Kier molecular flexibility index (Phi) is 6.38. The van der Waals surface area contributed by atoms with E-state index in [1.165, 1.54) is 0 Å². The minimum absolute atomic E-state index is 0.0247. The number of piperidine rings is 1. The predicted octanol–water partition coefficient (Wildman–Crippen LogP) is 4.65. The molecular formula is C27H34N8O3. The van der Waals surface area contributed by atoms with Crippen LogP contribution in [0.5, 0.6) is 0 Å². The molecule has 2 saturated heterocycles. The molecule has 2 atom stereocenters. The topological polar surface area (TPSA) is 112 Å². The van der Waals surface area contributed by atoms with Gasteiger partial charge in [-0.25, -0.2) is 24.0 Å². The average Bonchev–Trinajstić information content (AvgIpc) is 3.46. The van der Waals surface area contributed by atoms with E-state index < -0.39 is 5.60 Å². The number of hydrogen-bond acceptors (Lipinski definition) is 8. The quantitative estimate of drug-likeness (QED) is 0.416. The van der Waals surface area contributed by atoms with Gasteiger partial charge in [-0.3, -0.25) is 0 Å². The number of nitrogens with zero attached hydrogens (tertiary/aromatic N) is 7. The number of amides is 1. The van der Waals surface area contributed by atoms with Gasteiger partial charge in [-0.1, -0.05) is 6.07 Å². The summed E-state index contributed by atoms with van der Waals surface area (Å²) in [5.74, 6) is 0.506. The van der Waals surface area contributed by atoms with Crippen molar-refractivity contribution in [2.24, 2.45) is 0 Å². The number of carbonyl (C=O) groups is 1. The zero-order valence-electron chi connectivity index (χ0n) is 22.1. The van der Waals surface area contributed by atoms with Crippen LogP contribution >= 0.6 is 0 Å². The summed E-state index contributed by atoms with van der Waals surface area (Å²) in [6.45, 7) is 7.58. The fourth-order valence-corrected chi connectivity index (χ4v) is 5.21. The Balaban J connectivity index is 1.30. The van der Waals surface area contributed by atoms with Gasteiger partial charge in [0.15, 0.2) is 11.9 Å². The van der Waals surface area contributed by atoms with E-state index in [0.717, 1.165) is 61.0 Å². The second-order valence-corrected chi connectivity index (χ2v) is 11.0. The van der Waals surface area contributed by atoms with Crippen molar-refractivity contribution < 1.29 is 14.3 Å². The van der Waals surface area contributed by atoms with Crippen molar-refractivity contribution in [1.82, 2.24) is 34.3 Å². The maximum absolute atomic E-state index is 12.6. The molecule has 38 heavy (non-hydrogen) atoms. The third kappa shape index (κ3) is 4.90. The Morgan fingerprint density at radius 1 is 1.13 bits per heavy atom. The number of ether oxygens (including phenoxy) is 2. The highest BCUT2D eigenvalue weighted by Gasteiger charge is 2.29. The summed E-state index contributed by atoms with van der Waals surface area (Å²) in [6.07, 6.45) is 8.10. The molecule has 0 spiro atoms. The maximum Gasteiger partial charge on any atom is 0.410 e. The van der Waals surface area contributed by atoms with Gasteiger partial charge in [-0.15, -0.1) is 5.10 Å². The largest absolute Gasteiger partial charge is 0.444 e. The molecule has 0 aliphatic carbocycles. The van der Waals surface area contributed by atoms with Gasteiger partial charge >= 0.3 is 6.09 Å². The Hall–Kier alpha value is -3.73. The summed E-state index contributed by atoms with van der Waals surface area (Å²) in [5.41, 5.74) is 2.68. The Bertz CT molecular complexity index is 1450. The molecule has 1 N–H and O–H groups in total. The summed E-state index contributed by atoms with van der Waals surface area (Å²) in [5, 5.41) is 14.2. The number of likely N-dealkylation sites (tertiary alicyclic amines) is 1. The second kappa shape index (κ2) is 9.86. The lowest BCUT2D eigenvalue weighted by molar-refractivity contribution is -0.0369. The molecule has 11 heteroatoms. The molecule has 4 aromatic heterocycles. The molecule has 2 aliphatic heterocycles. The monoisotopic (exact) mass is 518 g/mol. The second-order valence-electron chi connectivity index (χ2n) is 11.0. The average molecular weight is 519 g/mol. The first kappa shape index (κ1) is 24.6. The van der Waals surface area contributed by atoms with E-state index in [2.05, 4.69) is 10.3 Å². The molecule has 1 amide bonds. The van der Waals surface area contributed by atoms with Gasteiger partial charge in [0.05, 0.1) is 16.6 Å². The van der Waals surface area contributed by atoms with E-state index in [4.69, 9.17) is 24.7 Å². The van der Waals surface area contributed by atoms with Gasteiger partial charge in [-0.2, -0.15) is 5.10 Å². The molecular weight excluding hydrogens is 484 g/mol. The normalized spacial score (nSPS) is 20.7. The number of fused-ring (bicyclic) bond motifs is 3. The van der Waals surface area contributed by atoms with E-state index in [1.807, 2.05) is 60.4 Å². The van der Waals surface area contributed by atoms with Gasteiger partial charge in [0.25, 0.3) is 0 Å². The fraction of sp³-hybridized carbons (Fsp3) is 0.519. The number of carbonyl (C=O) groups excluding carboxylic acids is 1. The molecule has 2 fully saturated rings. The lowest BCUT2D eigenvalue weighted by Gasteiger charge is -2.34. The predicted molar refractivity (Wildman–Crippen MR) is 143 cm³/mol. The van der Waals surface area contributed by atoms with Crippen LogP contribution in [-0.4, -0.2) is 71.7 Å². The first-order valence-electron chi connectivity index (χ1n) is 13.4. The first-order valence-corrected chi connectivity index (χ1v) is 13.4. The highest BCUT2D eigenvalue weighted by Crippen LogP contribution is 2.34. The third-order valence-electron chi connectivity index (χ3n) is 6.92. The van der Waals surface area contributed by atoms with Crippen LogP contribution in [0.4, 0.5) is 10.7 Å². The number of hydrogen-bond donors (Lipinski definition) is 1. The zero-order valence-corrected chi connectivity index (χ0v) is 22.1. The molecule has 6 rings (SSSR count). The van der Waals surface area contributed by atoms with Crippen LogP contribution < -0.4 is 5.32 Å². The van der Waals surface area contributed by atoms with Gasteiger partial charge in [0.1, 0.15) is 11.3 Å². The molecule has 11 nitrogen and oxygen atoms in total.